The molecule has 0 aliphatic heterocycles. The van der Waals surface area contributed by atoms with Crippen LogP contribution in [0, 0.1) is 11.6 Å². The molecular formula is C12H18F2O3Si. The lowest BCUT2D eigenvalue weighted by molar-refractivity contribution is 0.0691. The van der Waals surface area contributed by atoms with Crippen LogP contribution in [0.5, 0.6) is 0 Å². The molecule has 0 atom stereocenters. The molecule has 0 fully saturated rings. The predicted octanol–water partition coefficient (Wildman–Crippen LogP) is 2.70. The van der Waals surface area contributed by atoms with Gasteiger partial charge in [0.1, 0.15) is 11.6 Å². The molecule has 6 heteroatoms. The number of rotatable bonds is 6. The van der Waals surface area contributed by atoms with E-state index in [-0.39, 0.29) is 12.1 Å². The Kier molecular flexibility index (Phi) is 5.40. The molecule has 3 nitrogen and oxygen atoms in total. The molecule has 0 N–H and O–H groups in total. The van der Waals surface area contributed by atoms with Crippen molar-refractivity contribution in [1.29, 1.82) is 0 Å². The fraction of sp³-hybridized carbons (Fsp3) is 0.500. The fourth-order valence-electron chi connectivity index (χ4n) is 1.69. The smallest absolute Gasteiger partial charge is 0.377 e. The van der Waals surface area contributed by atoms with Gasteiger partial charge in [-0.2, -0.15) is 0 Å². The topological polar surface area (TPSA) is 27.7 Å². The third kappa shape index (κ3) is 4.13. The van der Waals surface area contributed by atoms with Gasteiger partial charge in [0.25, 0.3) is 0 Å². The van der Waals surface area contributed by atoms with Crippen LogP contribution in [-0.2, 0) is 19.3 Å². The van der Waals surface area contributed by atoms with Crippen LogP contribution in [0.25, 0.3) is 0 Å². The molecule has 0 aliphatic carbocycles. The molecule has 1 rings (SSSR count). The Morgan fingerprint density at radius 2 is 1.56 bits per heavy atom. The second-order valence-electron chi connectivity index (χ2n) is 4.21. The molecule has 0 unspecified atom stereocenters. The zero-order valence-electron chi connectivity index (χ0n) is 11.0. The van der Waals surface area contributed by atoms with E-state index in [1.165, 1.54) is 26.4 Å². The highest BCUT2D eigenvalue weighted by Crippen LogP contribution is 2.19. The van der Waals surface area contributed by atoms with Crippen molar-refractivity contribution in [3.05, 3.63) is 35.4 Å². The van der Waals surface area contributed by atoms with Gasteiger partial charge in [-0.1, -0.05) is 0 Å². The molecule has 0 heterocycles. The Bertz CT molecular complexity index is 375. The summed E-state index contributed by atoms with van der Waals surface area (Å²) in [6.45, 7) is 3.71. The molecule has 0 spiro atoms. The van der Waals surface area contributed by atoms with Crippen LogP contribution in [0.1, 0.15) is 19.4 Å². The van der Waals surface area contributed by atoms with Gasteiger partial charge in [-0.15, -0.1) is 0 Å². The highest BCUT2D eigenvalue weighted by molar-refractivity contribution is 6.60. The van der Waals surface area contributed by atoms with Crippen LogP contribution in [0.15, 0.2) is 18.2 Å². The van der Waals surface area contributed by atoms with Crippen molar-refractivity contribution in [2.45, 2.75) is 26.0 Å². The molecule has 1 aromatic carbocycles. The number of hydrogen-bond acceptors (Lipinski definition) is 3. The molecular weight excluding hydrogens is 258 g/mol. The average Bonchev–Trinajstić information content (AvgIpc) is 2.26. The molecule has 0 aromatic heterocycles. The maximum Gasteiger partial charge on any atom is 0.505 e. The Balaban J connectivity index is 2.95. The summed E-state index contributed by atoms with van der Waals surface area (Å²) in [5.41, 5.74) is 0.462. The first-order valence-electron chi connectivity index (χ1n) is 5.64. The van der Waals surface area contributed by atoms with Gasteiger partial charge in [0, 0.05) is 32.4 Å². The quantitative estimate of drug-likeness (QED) is 0.748. The molecule has 0 aliphatic rings. The highest BCUT2D eigenvalue weighted by Gasteiger charge is 2.40. The van der Waals surface area contributed by atoms with Gasteiger partial charge in [0.2, 0.25) is 0 Å². The van der Waals surface area contributed by atoms with Gasteiger partial charge < -0.3 is 13.3 Å². The summed E-state index contributed by atoms with van der Waals surface area (Å²) >= 11 is 0. The van der Waals surface area contributed by atoms with Crippen molar-refractivity contribution < 1.29 is 22.1 Å². The van der Waals surface area contributed by atoms with Crippen molar-refractivity contribution in [2.24, 2.45) is 0 Å². The van der Waals surface area contributed by atoms with Crippen molar-refractivity contribution in [2.75, 3.05) is 14.2 Å². The van der Waals surface area contributed by atoms with E-state index in [0.29, 0.717) is 5.56 Å². The summed E-state index contributed by atoms with van der Waals surface area (Å²) in [5.74, 6) is -1.24. The van der Waals surface area contributed by atoms with Gasteiger partial charge >= 0.3 is 8.80 Å². The van der Waals surface area contributed by atoms with Gasteiger partial charge in [0.15, 0.2) is 0 Å². The second kappa shape index (κ2) is 6.37. The molecule has 0 saturated heterocycles. The van der Waals surface area contributed by atoms with Crippen LogP contribution >= 0.6 is 0 Å². The van der Waals surface area contributed by atoms with Gasteiger partial charge in [-0.25, -0.2) is 8.78 Å². The van der Waals surface area contributed by atoms with Gasteiger partial charge in [-0.3, -0.25) is 0 Å². The van der Waals surface area contributed by atoms with E-state index >= 15 is 0 Å². The Hall–Kier alpha value is -0.823. The molecule has 0 radical (unpaired) electrons. The van der Waals surface area contributed by atoms with E-state index < -0.39 is 20.4 Å². The third-order valence-electron chi connectivity index (χ3n) is 2.38. The van der Waals surface area contributed by atoms with Crippen molar-refractivity contribution in [3.8, 4) is 0 Å². The standard InChI is InChI=1S/C12H18F2O3Si/c1-9(2)17-18(15-3,16-4)8-10-5-11(13)7-12(14)6-10/h5-7,9H,8H2,1-4H3. The van der Waals surface area contributed by atoms with Crippen molar-refractivity contribution in [3.63, 3.8) is 0 Å². The maximum absolute atomic E-state index is 13.1. The number of halogens is 2. The lowest BCUT2D eigenvalue weighted by Gasteiger charge is -2.28. The first-order valence-corrected chi connectivity index (χ1v) is 7.57. The van der Waals surface area contributed by atoms with Crippen LogP contribution < -0.4 is 0 Å². The van der Waals surface area contributed by atoms with Crippen LogP contribution in [0.4, 0.5) is 8.78 Å². The van der Waals surface area contributed by atoms with Crippen LogP contribution in [0.3, 0.4) is 0 Å². The average molecular weight is 276 g/mol. The lowest BCUT2D eigenvalue weighted by Crippen LogP contribution is -2.48. The normalized spacial score (nSPS) is 12.2. The van der Waals surface area contributed by atoms with E-state index in [0.717, 1.165) is 6.07 Å². The lowest BCUT2D eigenvalue weighted by atomic mass is 10.2. The summed E-state index contributed by atoms with van der Waals surface area (Å²) in [6, 6.07) is 3.57. The first kappa shape index (κ1) is 15.2. The van der Waals surface area contributed by atoms with Crippen molar-refractivity contribution in [1.82, 2.24) is 0 Å². The second-order valence-corrected chi connectivity index (χ2v) is 6.98. The molecule has 102 valence electrons. The zero-order valence-corrected chi connectivity index (χ0v) is 12.0. The van der Waals surface area contributed by atoms with Gasteiger partial charge in [0.05, 0.1) is 0 Å². The summed E-state index contributed by atoms with van der Waals surface area (Å²) < 4.78 is 42.6. The van der Waals surface area contributed by atoms with Crippen LogP contribution in [-0.4, -0.2) is 29.1 Å². The largest absolute Gasteiger partial charge is 0.505 e. The Morgan fingerprint density at radius 1 is 1.06 bits per heavy atom. The van der Waals surface area contributed by atoms with E-state index in [4.69, 9.17) is 13.3 Å². The zero-order chi connectivity index (χ0) is 13.8. The summed E-state index contributed by atoms with van der Waals surface area (Å²) in [5, 5.41) is 0. The maximum atomic E-state index is 13.1. The molecule has 1 aromatic rings. The summed E-state index contributed by atoms with van der Waals surface area (Å²) in [4.78, 5) is 0. The van der Waals surface area contributed by atoms with Crippen LogP contribution in [0.2, 0.25) is 0 Å². The highest BCUT2D eigenvalue weighted by atomic mass is 28.4. The molecule has 0 amide bonds. The SMILES string of the molecule is CO[Si](Cc1cc(F)cc(F)c1)(OC)OC(C)C. The number of hydrogen-bond donors (Lipinski definition) is 0. The first-order chi connectivity index (χ1) is 8.40. The van der Waals surface area contributed by atoms with Crippen molar-refractivity contribution >= 4 is 8.80 Å². The molecule has 18 heavy (non-hydrogen) atoms. The minimum absolute atomic E-state index is 0.0880. The summed E-state index contributed by atoms with van der Waals surface area (Å²) in [7, 11) is 0.0333. The van der Waals surface area contributed by atoms with E-state index in [1.54, 1.807) is 0 Å². The Labute approximate surface area is 107 Å². The predicted molar refractivity (Wildman–Crippen MR) is 66.1 cm³/mol. The van der Waals surface area contributed by atoms with E-state index in [1.807, 2.05) is 13.8 Å². The van der Waals surface area contributed by atoms with Gasteiger partial charge in [-0.05, 0) is 31.5 Å². The summed E-state index contributed by atoms with van der Waals surface area (Å²) in [6.07, 6.45) is -0.0880. The minimum atomic E-state index is -2.93. The third-order valence-corrected chi connectivity index (χ3v) is 5.30. The Morgan fingerprint density at radius 3 is 1.94 bits per heavy atom. The van der Waals surface area contributed by atoms with E-state index in [2.05, 4.69) is 0 Å². The molecule has 0 saturated carbocycles. The minimum Gasteiger partial charge on any atom is -0.377 e. The molecule has 0 bridgehead atoms. The fourth-order valence-corrected chi connectivity index (χ4v) is 3.84. The monoisotopic (exact) mass is 276 g/mol. The number of benzene rings is 1. The van der Waals surface area contributed by atoms with E-state index in [9.17, 15) is 8.78 Å².